The summed E-state index contributed by atoms with van der Waals surface area (Å²) in [4.78, 5) is 0. The van der Waals surface area contributed by atoms with Crippen LogP contribution in [0.5, 0.6) is 0 Å². The van der Waals surface area contributed by atoms with E-state index in [4.69, 9.17) is 0 Å². The summed E-state index contributed by atoms with van der Waals surface area (Å²) in [6.45, 7) is 6.55. The summed E-state index contributed by atoms with van der Waals surface area (Å²) in [6, 6.07) is 0. The van der Waals surface area contributed by atoms with Crippen molar-refractivity contribution in [2.24, 2.45) is 0 Å². The molecule has 70 valence electrons. The lowest BCUT2D eigenvalue weighted by Gasteiger charge is -1.86. The zero-order chi connectivity index (χ0) is 7.54. The summed E-state index contributed by atoms with van der Waals surface area (Å²) < 4.78 is 0. The fourth-order valence-electron chi connectivity index (χ4n) is 0.500. The van der Waals surface area contributed by atoms with Gasteiger partial charge in [0.05, 0.1) is 0 Å². The van der Waals surface area contributed by atoms with Gasteiger partial charge in [0.15, 0.2) is 0 Å². The van der Waals surface area contributed by atoms with E-state index in [9.17, 15) is 0 Å². The van der Waals surface area contributed by atoms with Crippen molar-refractivity contribution in [3.63, 3.8) is 0 Å². The first-order valence-electron chi connectivity index (χ1n) is 4.03. The summed E-state index contributed by atoms with van der Waals surface area (Å²) in [5.74, 6) is 0. The normalized spacial score (nSPS) is 6.45. The molecule has 2 radical (unpaired) electrons. The minimum absolute atomic E-state index is 0. The highest BCUT2D eigenvalue weighted by atomic mass is 35.5. The Hall–Kier alpha value is 1.11. The predicted octanol–water partition coefficient (Wildman–Crippen LogP) is 4.02. The number of unbranched alkanes of at least 4 members (excludes halogenated alkanes) is 3. The monoisotopic (exact) mass is 214 g/mol. The van der Waals surface area contributed by atoms with Crippen LogP contribution < -0.4 is 0 Å². The summed E-state index contributed by atoms with van der Waals surface area (Å²) in [6.07, 6.45) is 5.54. The van der Waals surface area contributed by atoms with Crippen LogP contribution in [0.3, 0.4) is 0 Å². The number of rotatable bonds is 3. The van der Waals surface area contributed by atoms with E-state index in [0.717, 1.165) is 0 Å². The number of hydrogen-bond donors (Lipinski definition) is 0. The van der Waals surface area contributed by atoms with Crippen LogP contribution in [-0.4, -0.2) is 16.3 Å². The molecule has 11 heavy (non-hydrogen) atoms. The largest absolute Gasteiger partial charge is 0.147 e. The molecule has 0 atom stereocenters. The molecule has 0 heterocycles. The highest BCUT2D eigenvalue weighted by Gasteiger charge is 1.75. The molecule has 0 aromatic carbocycles. The average Bonchev–Trinajstić information content (AvgIpc) is 1.86. The van der Waals surface area contributed by atoms with Gasteiger partial charge in [-0.15, -0.1) is 30.1 Å². The molecule has 0 aromatic rings. The van der Waals surface area contributed by atoms with Crippen molar-refractivity contribution in [2.75, 3.05) is 0 Å². The van der Waals surface area contributed by atoms with Gasteiger partial charge in [0.2, 0.25) is 0 Å². The highest BCUT2D eigenvalue weighted by molar-refractivity contribution is 6.08. The zero-order valence-electron chi connectivity index (χ0n) is 7.93. The molecule has 0 rings (SSSR count). The van der Waals surface area contributed by atoms with Crippen LogP contribution in [0.15, 0.2) is 0 Å². The second-order valence-corrected chi connectivity index (χ2v) is 2.93. The van der Waals surface area contributed by atoms with Crippen molar-refractivity contribution in [1.29, 1.82) is 0 Å². The second-order valence-electron chi connectivity index (χ2n) is 2.12. The molecule has 0 aromatic heterocycles. The summed E-state index contributed by atoms with van der Waals surface area (Å²) in [5.41, 5.74) is 0. The van der Waals surface area contributed by atoms with Gasteiger partial charge in [-0.1, -0.05) is 46.5 Å². The Morgan fingerprint density at radius 3 is 1.09 bits per heavy atom. The van der Waals surface area contributed by atoms with E-state index in [1.807, 2.05) is 0 Å². The average molecular weight is 215 g/mol. The number of halogens is 2. The summed E-state index contributed by atoms with van der Waals surface area (Å²) in [7, 11) is 0. The van der Waals surface area contributed by atoms with Gasteiger partial charge < -0.3 is 0 Å². The van der Waals surface area contributed by atoms with Crippen LogP contribution >= 0.6 is 24.8 Å². The van der Waals surface area contributed by atoms with Gasteiger partial charge in [-0.05, 0) is 0 Å². The molecule has 0 saturated carbocycles. The minimum Gasteiger partial charge on any atom is -0.147 e. The van der Waals surface area contributed by atoms with E-state index < -0.39 is 0 Å². The Morgan fingerprint density at radius 2 is 1.00 bits per heavy atom. The first kappa shape index (κ1) is 22.7. The van der Waals surface area contributed by atoms with Gasteiger partial charge in [0.1, 0.15) is 16.3 Å². The van der Waals surface area contributed by atoms with Crippen LogP contribution in [-0.2, 0) is 0 Å². The molecule has 0 spiro atoms. The Bertz CT molecular complexity index is 31.3. The lowest BCUT2D eigenvalue weighted by atomic mass is 10.2. The Labute approximate surface area is 92.8 Å². The van der Waals surface area contributed by atoms with Gasteiger partial charge in [0, 0.05) is 0 Å². The summed E-state index contributed by atoms with van der Waals surface area (Å²) in [5, 5.41) is 1.17. The molecule has 0 N–H and O–H groups in total. The summed E-state index contributed by atoms with van der Waals surface area (Å²) >= 11 is 2.58. The van der Waals surface area contributed by atoms with Gasteiger partial charge in [-0.3, -0.25) is 0 Å². The molecule has 3 heteroatoms. The molecule has 0 amide bonds. The molecule has 0 aliphatic heterocycles. The molecule has 0 aliphatic rings. The standard InChI is InChI=1S/C6H14.C2H5.Al.2ClH/c1-3-5-6-4-2;1-2;;;/h3-6H2,1-2H3;1H2,2H3;;2*1H. The SMILES string of the molecule is CCCCCC.C[CH2][Al].Cl.Cl. The molecular formula is C8H21AlCl2. The molecular weight excluding hydrogens is 194 g/mol. The molecule has 0 aliphatic carbocycles. The van der Waals surface area contributed by atoms with Crippen molar-refractivity contribution in [1.82, 2.24) is 0 Å². The Morgan fingerprint density at radius 1 is 0.818 bits per heavy atom. The first-order valence-corrected chi connectivity index (χ1v) is 4.85. The maximum absolute atomic E-state index is 2.58. The predicted molar refractivity (Wildman–Crippen MR) is 60.5 cm³/mol. The first-order chi connectivity index (χ1) is 4.33. The second kappa shape index (κ2) is 30.4. The van der Waals surface area contributed by atoms with Crippen molar-refractivity contribution in [3.05, 3.63) is 0 Å². The van der Waals surface area contributed by atoms with Crippen molar-refractivity contribution >= 4 is 41.1 Å². The van der Waals surface area contributed by atoms with Crippen molar-refractivity contribution in [3.8, 4) is 0 Å². The van der Waals surface area contributed by atoms with E-state index in [-0.39, 0.29) is 24.8 Å². The topological polar surface area (TPSA) is 0 Å². The minimum atomic E-state index is 0. The third-order valence-electron chi connectivity index (χ3n) is 0.957. The third kappa shape index (κ3) is 54.6. The quantitative estimate of drug-likeness (QED) is 0.492. The van der Waals surface area contributed by atoms with Crippen molar-refractivity contribution < 1.29 is 0 Å². The van der Waals surface area contributed by atoms with E-state index >= 15 is 0 Å². The van der Waals surface area contributed by atoms with E-state index in [0.29, 0.717) is 0 Å². The maximum atomic E-state index is 2.58. The fourth-order valence-corrected chi connectivity index (χ4v) is 0.500. The van der Waals surface area contributed by atoms with Gasteiger partial charge in [-0.25, -0.2) is 0 Å². The van der Waals surface area contributed by atoms with Crippen LogP contribution in [0.25, 0.3) is 0 Å². The smallest absolute Gasteiger partial charge is 0.117 e. The lowest BCUT2D eigenvalue weighted by Crippen LogP contribution is -1.66. The Balaban J connectivity index is -0.0000000437. The fraction of sp³-hybridized carbons (Fsp3) is 1.00. The Kier molecular flexibility index (Phi) is 62.8. The lowest BCUT2D eigenvalue weighted by molar-refractivity contribution is 0.702. The molecule has 0 unspecified atom stereocenters. The molecule has 0 nitrogen and oxygen atoms in total. The van der Waals surface area contributed by atoms with Crippen molar-refractivity contribution in [2.45, 2.75) is 51.7 Å². The molecule has 0 fully saturated rings. The van der Waals surface area contributed by atoms with Crippen LogP contribution in [0.2, 0.25) is 5.28 Å². The van der Waals surface area contributed by atoms with E-state index in [2.05, 4.69) is 37.1 Å². The van der Waals surface area contributed by atoms with Crippen LogP contribution in [0, 0.1) is 0 Å². The van der Waals surface area contributed by atoms with E-state index in [1.54, 1.807) is 0 Å². The van der Waals surface area contributed by atoms with Crippen LogP contribution in [0.4, 0.5) is 0 Å². The van der Waals surface area contributed by atoms with Crippen LogP contribution in [0.1, 0.15) is 46.5 Å². The molecule has 0 saturated heterocycles. The van der Waals surface area contributed by atoms with Gasteiger partial charge >= 0.3 is 0 Å². The molecule has 0 bridgehead atoms. The van der Waals surface area contributed by atoms with Gasteiger partial charge in [-0.2, -0.15) is 0 Å². The maximum Gasteiger partial charge on any atom is 0.117 e. The highest BCUT2D eigenvalue weighted by Crippen LogP contribution is 1.95. The zero-order valence-corrected chi connectivity index (χ0v) is 10.7. The van der Waals surface area contributed by atoms with E-state index in [1.165, 1.54) is 31.0 Å². The van der Waals surface area contributed by atoms with Gasteiger partial charge in [0.25, 0.3) is 0 Å². The number of hydrogen-bond acceptors (Lipinski definition) is 0. The third-order valence-corrected chi connectivity index (χ3v) is 0.957.